The fraction of sp³-hybridized carbons (Fsp3) is 0.417. The van der Waals surface area contributed by atoms with Gasteiger partial charge in [-0.15, -0.1) is 11.3 Å². The van der Waals surface area contributed by atoms with Crippen LogP contribution in [-0.2, 0) is 16.1 Å². The molecule has 2 saturated heterocycles. The number of ether oxygens (including phenoxy) is 1. The maximum absolute atomic E-state index is 14.5. The Morgan fingerprint density at radius 3 is 2.65 bits per heavy atom. The molecular formula is C24H22ClFN4O3S. The Morgan fingerprint density at radius 1 is 1.18 bits per heavy atom. The lowest BCUT2D eigenvalue weighted by Gasteiger charge is -2.20. The largest absolute Gasteiger partial charge is 0.485 e. The lowest BCUT2D eigenvalue weighted by Crippen LogP contribution is -2.31. The number of benzene rings is 1. The molecule has 3 aliphatic rings. The van der Waals surface area contributed by atoms with Gasteiger partial charge in [0.25, 0.3) is 0 Å². The molecule has 1 aliphatic carbocycles. The number of alkyl halides is 1. The van der Waals surface area contributed by atoms with Crippen molar-refractivity contribution in [1.82, 2.24) is 19.8 Å². The van der Waals surface area contributed by atoms with Gasteiger partial charge in [-0.25, -0.2) is 14.4 Å². The number of rotatable bonds is 5. The summed E-state index contributed by atoms with van der Waals surface area (Å²) in [5.41, 5.74) is 2.80. The molecule has 1 saturated carbocycles. The number of imide groups is 1. The Balaban J connectivity index is 1.38. The van der Waals surface area contributed by atoms with Gasteiger partial charge in [-0.05, 0) is 44.2 Å². The number of aryl methyl sites for hydroxylation is 1. The predicted molar refractivity (Wildman–Crippen MR) is 127 cm³/mol. The molecule has 1 aromatic carbocycles. The molecule has 2 amide bonds. The summed E-state index contributed by atoms with van der Waals surface area (Å²) in [6.45, 7) is 2.94. The molecular weight excluding hydrogens is 479 g/mol. The van der Waals surface area contributed by atoms with Gasteiger partial charge in [-0.3, -0.25) is 19.4 Å². The van der Waals surface area contributed by atoms with Crippen molar-refractivity contribution in [2.45, 2.75) is 32.2 Å². The zero-order chi connectivity index (χ0) is 23.7. The van der Waals surface area contributed by atoms with E-state index in [0.29, 0.717) is 47.1 Å². The van der Waals surface area contributed by atoms with E-state index in [1.54, 1.807) is 12.1 Å². The first-order chi connectivity index (χ1) is 16.3. The SMILES string of the molecule is Cc1cc(Cl)cc(-c2ncnc3cc(CN4C(=O)C5CC5C4=O)sc23)c1O[C@@H]1CN(C)C[C@@H]1F. The molecule has 2 aromatic heterocycles. The Kier molecular flexibility index (Phi) is 5.13. The molecule has 2 aliphatic heterocycles. The van der Waals surface area contributed by atoms with Gasteiger partial charge in [0, 0.05) is 28.6 Å². The Labute approximate surface area is 204 Å². The van der Waals surface area contributed by atoms with Crippen molar-refractivity contribution in [2.24, 2.45) is 11.8 Å². The fourth-order valence-electron chi connectivity index (χ4n) is 4.97. The van der Waals surface area contributed by atoms with Crippen LogP contribution in [0, 0.1) is 18.8 Å². The maximum Gasteiger partial charge on any atom is 0.233 e. The molecule has 0 bridgehead atoms. The van der Waals surface area contributed by atoms with E-state index in [9.17, 15) is 14.0 Å². The lowest BCUT2D eigenvalue weighted by molar-refractivity contribution is -0.141. The van der Waals surface area contributed by atoms with Crippen molar-refractivity contribution < 1.29 is 18.7 Å². The van der Waals surface area contributed by atoms with Crippen LogP contribution in [0.2, 0.25) is 5.02 Å². The van der Waals surface area contributed by atoms with Gasteiger partial charge in [-0.2, -0.15) is 0 Å². The van der Waals surface area contributed by atoms with E-state index in [0.717, 1.165) is 15.1 Å². The predicted octanol–water partition coefficient (Wildman–Crippen LogP) is 3.86. The summed E-state index contributed by atoms with van der Waals surface area (Å²) in [7, 11) is 1.87. The van der Waals surface area contributed by atoms with Gasteiger partial charge in [-0.1, -0.05) is 11.6 Å². The standard InChI is InChI=1S/C24H22ClFN4O3S/c1-11-3-12(25)4-16(21(11)33-19-9-29(2)8-17(19)26)20-22-18(27-10-28-20)5-13(34-22)7-30-23(31)14-6-15(14)24(30)32/h3-5,10,14-15,17,19H,6-9H2,1-2H3/t14?,15?,17-,19+/m0/s1. The molecule has 34 heavy (non-hydrogen) atoms. The number of likely N-dealkylation sites (tertiary alicyclic amines) is 2. The number of carbonyl (C=O) groups excluding carboxylic acids is 2. The minimum atomic E-state index is -1.09. The third kappa shape index (κ3) is 3.57. The number of amides is 2. The molecule has 0 spiro atoms. The zero-order valence-corrected chi connectivity index (χ0v) is 20.2. The molecule has 0 N–H and O–H groups in total. The minimum Gasteiger partial charge on any atom is -0.485 e. The number of thiophene rings is 1. The summed E-state index contributed by atoms with van der Waals surface area (Å²) in [4.78, 5) is 37.9. The number of likely N-dealkylation sites (N-methyl/N-ethyl adjacent to an activating group) is 1. The maximum atomic E-state index is 14.5. The second-order valence-electron chi connectivity index (χ2n) is 9.35. The second kappa shape index (κ2) is 7.96. The van der Waals surface area contributed by atoms with E-state index in [1.807, 2.05) is 24.9 Å². The number of carbonyl (C=O) groups is 2. The van der Waals surface area contributed by atoms with Gasteiger partial charge >= 0.3 is 0 Å². The molecule has 4 atom stereocenters. The normalized spacial score (nSPS) is 26.5. The monoisotopic (exact) mass is 500 g/mol. The molecule has 3 aromatic rings. The third-order valence-electron chi connectivity index (χ3n) is 6.78. The number of halogens is 2. The van der Waals surface area contributed by atoms with E-state index in [2.05, 4.69) is 9.97 Å². The molecule has 2 unspecified atom stereocenters. The summed E-state index contributed by atoms with van der Waals surface area (Å²) in [6, 6.07) is 5.45. The van der Waals surface area contributed by atoms with Crippen LogP contribution in [0.1, 0.15) is 16.9 Å². The summed E-state index contributed by atoms with van der Waals surface area (Å²) >= 11 is 7.84. The highest BCUT2D eigenvalue weighted by atomic mass is 35.5. The van der Waals surface area contributed by atoms with E-state index in [4.69, 9.17) is 16.3 Å². The topological polar surface area (TPSA) is 75.6 Å². The molecule has 6 rings (SSSR count). The summed E-state index contributed by atoms with van der Waals surface area (Å²) < 4.78 is 21.5. The van der Waals surface area contributed by atoms with Crippen molar-refractivity contribution in [2.75, 3.05) is 20.1 Å². The van der Waals surface area contributed by atoms with Crippen LogP contribution >= 0.6 is 22.9 Å². The van der Waals surface area contributed by atoms with Gasteiger partial charge < -0.3 is 4.74 Å². The minimum absolute atomic E-state index is 0.0813. The van der Waals surface area contributed by atoms with Crippen molar-refractivity contribution in [3.8, 4) is 17.0 Å². The van der Waals surface area contributed by atoms with Gasteiger partial charge in [0.1, 0.15) is 18.2 Å². The molecule has 3 fully saturated rings. The third-order valence-corrected chi connectivity index (χ3v) is 8.11. The molecule has 7 nitrogen and oxygen atoms in total. The first-order valence-corrected chi connectivity index (χ1v) is 12.4. The number of nitrogens with zero attached hydrogens (tertiary/aromatic N) is 4. The van der Waals surface area contributed by atoms with Crippen LogP contribution in [0.25, 0.3) is 21.5 Å². The van der Waals surface area contributed by atoms with E-state index in [1.165, 1.54) is 22.6 Å². The lowest BCUT2D eigenvalue weighted by atomic mass is 10.1. The molecule has 176 valence electrons. The second-order valence-corrected chi connectivity index (χ2v) is 10.9. The number of aromatic nitrogens is 2. The Hall–Kier alpha value is -2.62. The summed E-state index contributed by atoms with van der Waals surface area (Å²) in [6.07, 6.45) is 0.479. The van der Waals surface area contributed by atoms with Crippen molar-refractivity contribution in [3.05, 3.63) is 40.0 Å². The smallest absolute Gasteiger partial charge is 0.233 e. The van der Waals surface area contributed by atoms with E-state index in [-0.39, 0.29) is 30.2 Å². The van der Waals surface area contributed by atoms with Crippen LogP contribution < -0.4 is 4.74 Å². The average molecular weight is 501 g/mol. The average Bonchev–Trinajstić information content (AvgIpc) is 3.30. The van der Waals surface area contributed by atoms with Gasteiger partial charge in [0.05, 0.1) is 34.3 Å². The van der Waals surface area contributed by atoms with Gasteiger partial charge in [0.15, 0.2) is 6.17 Å². The van der Waals surface area contributed by atoms with Crippen LogP contribution in [0.15, 0.2) is 24.5 Å². The van der Waals surface area contributed by atoms with Crippen LogP contribution in [0.4, 0.5) is 4.39 Å². The van der Waals surface area contributed by atoms with Crippen molar-refractivity contribution in [3.63, 3.8) is 0 Å². The van der Waals surface area contributed by atoms with Crippen LogP contribution in [0.3, 0.4) is 0 Å². The molecule has 0 radical (unpaired) electrons. The Morgan fingerprint density at radius 2 is 1.94 bits per heavy atom. The number of fused-ring (bicyclic) bond motifs is 2. The Bertz CT molecular complexity index is 1330. The summed E-state index contributed by atoms with van der Waals surface area (Å²) in [5, 5.41) is 0.524. The highest BCUT2D eigenvalue weighted by Gasteiger charge is 2.58. The molecule has 4 heterocycles. The zero-order valence-electron chi connectivity index (χ0n) is 18.6. The quantitative estimate of drug-likeness (QED) is 0.495. The fourth-order valence-corrected chi connectivity index (χ4v) is 6.35. The summed E-state index contributed by atoms with van der Waals surface area (Å²) in [5.74, 6) is 0.136. The molecule has 10 heteroatoms. The first-order valence-electron chi connectivity index (χ1n) is 11.2. The number of hydrogen-bond acceptors (Lipinski definition) is 7. The van der Waals surface area contributed by atoms with Crippen LogP contribution in [0.5, 0.6) is 5.75 Å². The van der Waals surface area contributed by atoms with E-state index < -0.39 is 12.3 Å². The highest BCUT2D eigenvalue weighted by molar-refractivity contribution is 7.19. The number of piperidine rings is 1. The van der Waals surface area contributed by atoms with Crippen LogP contribution in [-0.4, -0.2) is 64.0 Å². The van der Waals surface area contributed by atoms with Gasteiger partial charge in [0.2, 0.25) is 11.8 Å². The van der Waals surface area contributed by atoms with E-state index >= 15 is 0 Å². The highest BCUT2D eigenvalue weighted by Crippen LogP contribution is 2.48. The number of hydrogen-bond donors (Lipinski definition) is 0. The van der Waals surface area contributed by atoms with Crippen molar-refractivity contribution >= 4 is 45.0 Å². The first kappa shape index (κ1) is 21.9. The van der Waals surface area contributed by atoms with Crippen molar-refractivity contribution in [1.29, 1.82) is 0 Å².